The summed E-state index contributed by atoms with van der Waals surface area (Å²) in [4.78, 5) is 81.9. The van der Waals surface area contributed by atoms with Crippen molar-refractivity contribution in [2.45, 2.75) is 45.2 Å². The Hall–Kier alpha value is -6.42. The van der Waals surface area contributed by atoms with Crippen LogP contribution in [-0.4, -0.2) is 109 Å². The average Bonchev–Trinajstić information content (AvgIpc) is 3.93. The highest BCUT2D eigenvalue weighted by Gasteiger charge is 2.46. The summed E-state index contributed by atoms with van der Waals surface area (Å²) in [6, 6.07) is 13.3. The zero-order valence-corrected chi connectivity index (χ0v) is 30.4. The van der Waals surface area contributed by atoms with Crippen LogP contribution in [0, 0.1) is 0 Å². The van der Waals surface area contributed by atoms with Gasteiger partial charge in [0, 0.05) is 80.3 Å². The van der Waals surface area contributed by atoms with Crippen molar-refractivity contribution in [1.29, 1.82) is 0 Å². The van der Waals surface area contributed by atoms with E-state index in [0.717, 1.165) is 66.3 Å². The molecule has 2 saturated heterocycles. The lowest BCUT2D eigenvalue weighted by atomic mass is 10.0. The number of fused-ring (bicyclic) bond motifs is 2. The van der Waals surface area contributed by atoms with Crippen molar-refractivity contribution in [1.82, 2.24) is 45.2 Å². The van der Waals surface area contributed by atoms with E-state index in [4.69, 9.17) is 4.98 Å². The van der Waals surface area contributed by atoms with E-state index in [9.17, 15) is 24.0 Å². The first-order valence-corrected chi connectivity index (χ1v) is 18.6. The molecule has 8 rings (SSSR count). The van der Waals surface area contributed by atoms with Crippen LogP contribution in [0.1, 0.15) is 63.7 Å². The molecule has 3 aliphatic heterocycles. The van der Waals surface area contributed by atoms with Gasteiger partial charge in [0.2, 0.25) is 17.8 Å². The normalized spacial score (nSPS) is 17.5. The number of aromatic nitrogens is 5. The number of carbonyl (C=O) groups excluding carboxylic acids is 5. The molecule has 4 N–H and O–H groups in total. The van der Waals surface area contributed by atoms with E-state index in [2.05, 4.69) is 47.7 Å². The van der Waals surface area contributed by atoms with Crippen molar-refractivity contribution < 1.29 is 24.0 Å². The van der Waals surface area contributed by atoms with Gasteiger partial charge in [-0.05, 0) is 68.3 Å². The molecule has 2 fully saturated rings. The molecule has 6 heterocycles. The second-order valence-corrected chi connectivity index (χ2v) is 13.9. The summed E-state index contributed by atoms with van der Waals surface area (Å²) in [7, 11) is 0. The van der Waals surface area contributed by atoms with Gasteiger partial charge in [-0.2, -0.15) is 10.1 Å². The minimum absolute atomic E-state index is 0.0754. The Balaban J connectivity index is 0.810. The molecule has 1 unspecified atom stereocenters. The SMILES string of the molecule is CCCn1cc(-c2nc(Nc3ccc(C(=O)NCCCN4CCN(c5cccc6c5C(=O)N(C5CCC(=O)NC5=O)C6=O)CC4)cc3)nc3[nH]ccc23)cn1. The molecule has 3 aliphatic rings. The Morgan fingerprint density at radius 3 is 2.55 bits per heavy atom. The lowest BCUT2D eigenvalue weighted by molar-refractivity contribution is -0.136. The number of anilines is 3. The molecule has 2 aromatic carbocycles. The smallest absolute Gasteiger partial charge is 0.264 e. The lowest BCUT2D eigenvalue weighted by Crippen LogP contribution is -2.54. The standard InChI is InChI=1S/C39H41N11O5/c1-2-16-49-23-25(22-42-49)33-28-13-15-40-34(28)46-39(45-33)43-26-9-7-24(8-10-26)35(52)41-14-4-17-47-18-20-48(21-19-47)29-6-3-5-27-32(29)38(55)50(37(27)54)30-11-12-31(51)44-36(30)53/h3,5-10,13,15,22-23,30H,2,4,11-12,14,16-21H2,1H3,(H,41,52)(H,44,51,53)(H2,40,43,45,46). The van der Waals surface area contributed by atoms with Gasteiger partial charge in [0.25, 0.3) is 17.7 Å². The Bertz CT molecular complexity index is 2290. The summed E-state index contributed by atoms with van der Waals surface area (Å²) in [5, 5.41) is 13.9. The maximum absolute atomic E-state index is 13.5. The molecular weight excluding hydrogens is 703 g/mol. The Kier molecular flexibility index (Phi) is 9.80. The Morgan fingerprint density at radius 2 is 1.76 bits per heavy atom. The van der Waals surface area contributed by atoms with Crippen molar-refractivity contribution >= 4 is 57.9 Å². The molecule has 282 valence electrons. The largest absolute Gasteiger partial charge is 0.368 e. The number of imide groups is 2. The Labute approximate surface area is 316 Å². The predicted octanol–water partition coefficient (Wildman–Crippen LogP) is 3.32. The van der Waals surface area contributed by atoms with Crippen LogP contribution >= 0.6 is 0 Å². The number of carbonyl (C=O) groups is 5. The number of piperidine rings is 1. The molecule has 5 amide bonds. The second kappa shape index (κ2) is 15.1. The summed E-state index contributed by atoms with van der Waals surface area (Å²) in [6.07, 6.45) is 7.58. The zero-order valence-electron chi connectivity index (χ0n) is 30.4. The molecule has 16 nitrogen and oxygen atoms in total. The van der Waals surface area contributed by atoms with Crippen LogP contribution in [0.3, 0.4) is 0 Å². The topological polar surface area (TPSA) is 191 Å². The van der Waals surface area contributed by atoms with Gasteiger partial charge in [-0.15, -0.1) is 0 Å². The molecule has 0 aliphatic carbocycles. The molecule has 0 spiro atoms. The number of amides is 5. The van der Waals surface area contributed by atoms with Crippen LogP contribution in [0.2, 0.25) is 0 Å². The van der Waals surface area contributed by atoms with Gasteiger partial charge in [-0.25, -0.2) is 4.98 Å². The van der Waals surface area contributed by atoms with Crippen LogP contribution in [0.25, 0.3) is 22.3 Å². The lowest BCUT2D eigenvalue weighted by Gasteiger charge is -2.36. The third kappa shape index (κ3) is 7.15. The van der Waals surface area contributed by atoms with Gasteiger partial charge in [0.1, 0.15) is 11.7 Å². The highest BCUT2D eigenvalue weighted by atomic mass is 16.2. The fourth-order valence-corrected chi connectivity index (χ4v) is 7.47. The van der Waals surface area contributed by atoms with E-state index in [-0.39, 0.29) is 24.3 Å². The van der Waals surface area contributed by atoms with Crippen LogP contribution in [-0.2, 0) is 16.1 Å². The number of hydrogen-bond acceptors (Lipinski definition) is 11. The highest BCUT2D eigenvalue weighted by Crippen LogP contribution is 2.35. The summed E-state index contributed by atoms with van der Waals surface area (Å²) < 4.78 is 1.91. The van der Waals surface area contributed by atoms with E-state index in [1.807, 2.05) is 47.5 Å². The highest BCUT2D eigenvalue weighted by molar-refractivity contribution is 6.25. The van der Waals surface area contributed by atoms with Crippen molar-refractivity contribution in [3.63, 3.8) is 0 Å². The third-order valence-electron chi connectivity index (χ3n) is 10.3. The number of H-pyrrole nitrogens is 1. The van der Waals surface area contributed by atoms with E-state index < -0.39 is 29.7 Å². The van der Waals surface area contributed by atoms with Crippen molar-refractivity contribution in [3.05, 3.63) is 83.8 Å². The summed E-state index contributed by atoms with van der Waals surface area (Å²) in [6.45, 7) is 7.03. The van der Waals surface area contributed by atoms with Crippen molar-refractivity contribution in [3.8, 4) is 11.3 Å². The minimum Gasteiger partial charge on any atom is -0.368 e. The van der Waals surface area contributed by atoms with Gasteiger partial charge in [-0.3, -0.25) is 43.8 Å². The maximum atomic E-state index is 13.5. The van der Waals surface area contributed by atoms with Crippen LogP contribution in [0.4, 0.5) is 17.3 Å². The number of aromatic amines is 1. The van der Waals surface area contributed by atoms with Gasteiger partial charge in [0.05, 0.1) is 28.7 Å². The fraction of sp³-hybridized carbons (Fsp3) is 0.333. The van der Waals surface area contributed by atoms with E-state index in [1.165, 1.54) is 0 Å². The molecule has 1 atom stereocenters. The fourth-order valence-electron chi connectivity index (χ4n) is 7.47. The number of hydrogen-bond donors (Lipinski definition) is 4. The second-order valence-electron chi connectivity index (χ2n) is 13.9. The zero-order chi connectivity index (χ0) is 38.1. The van der Waals surface area contributed by atoms with Gasteiger partial charge < -0.3 is 20.5 Å². The van der Waals surface area contributed by atoms with Gasteiger partial charge >= 0.3 is 0 Å². The molecule has 5 aromatic rings. The molecule has 0 radical (unpaired) electrons. The summed E-state index contributed by atoms with van der Waals surface area (Å²) >= 11 is 0. The molecule has 55 heavy (non-hydrogen) atoms. The summed E-state index contributed by atoms with van der Waals surface area (Å²) in [5.74, 6) is -1.76. The number of aryl methyl sites for hydroxylation is 1. The third-order valence-corrected chi connectivity index (χ3v) is 10.3. The maximum Gasteiger partial charge on any atom is 0.264 e. The molecule has 0 saturated carbocycles. The molecule has 16 heteroatoms. The van der Waals surface area contributed by atoms with Gasteiger partial charge in [0.15, 0.2) is 0 Å². The number of rotatable bonds is 12. The monoisotopic (exact) mass is 743 g/mol. The quantitative estimate of drug-likeness (QED) is 0.108. The van der Waals surface area contributed by atoms with E-state index in [1.54, 1.807) is 24.3 Å². The first-order valence-electron chi connectivity index (χ1n) is 18.6. The van der Waals surface area contributed by atoms with Crippen LogP contribution in [0.5, 0.6) is 0 Å². The predicted molar refractivity (Wildman–Crippen MR) is 204 cm³/mol. The van der Waals surface area contributed by atoms with Crippen LogP contribution < -0.4 is 20.9 Å². The number of nitrogens with zero attached hydrogens (tertiary/aromatic N) is 7. The van der Waals surface area contributed by atoms with Crippen molar-refractivity contribution in [2.75, 3.05) is 49.5 Å². The Morgan fingerprint density at radius 1 is 0.945 bits per heavy atom. The van der Waals surface area contributed by atoms with Crippen LogP contribution in [0.15, 0.2) is 67.1 Å². The van der Waals surface area contributed by atoms with E-state index in [0.29, 0.717) is 48.0 Å². The first kappa shape index (κ1) is 35.6. The number of benzene rings is 2. The molecule has 0 bridgehead atoms. The first-order chi connectivity index (χ1) is 26.8. The molecule has 3 aromatic heterocycles. The summed E-state index contributed by atoms with van der Waals surface area (Å²) in [5.41, 5.74) is 4.95. The van der Waals surface area contributed by atoms with E-state index >= 15 is 0 Å². The number of nitrogens with one attached hydrogen (secondary N) is 4. The minimum atomic E-state index is -1.000. The molecular formula is C39H41N11O5. The average molecular weight is 744 g/mol. The van der Waals surface area contributed by atoms with Gasteiger partial charge in [-0.1, -0.05) is 13.0 Å². The van der Waals surface area contributed by atoms with Crippen molar-refractivity contribution in [2.24, 2.45) is 0 Å². The number of piperazine rings is 1.